The lowest BCUT2D eigenvalue weighted by Gasteiger charge is -2.34. The van der Waals surface area contributed by atoms with Crippen LogP contribution in [0.5, 0.6) is 0 Å². The zero-order valence-electron chi connectivity index (χ0n) is 15.4. The third-order valence-corrected chi connectivity index (χ3v) is 5.32. The van der Waals surface area contributed by atoms with Crippen LogP contribution >= 0.6 is 0 Å². The molecule has 140 valence electrons. The minimum absolute atomic E-state index is 0.297. The van der Waals surface area contributed by atoms with Crippen LogP contribution in [0.4, 0.5) is 5.95 Å². The maximum atomic E-state index is 12.1. The van der Waals surface area contributed by atoms with Crippen LogP contribution in [0.3, 0.4) is 0 Å². The van der Waals surface area contributed by atoms with Crippen molar-refractivity contribution in [2.75, 3.05) is 31.1 Å². The molecule has 1 fully saturated rings. The Kier molecular flexibility index (Phi) is 4.25. The van der Waals surface area contributed by atoms with Gasteiger partial charge in [-0.1, -0.05) is 30.3 Å². The molecule has 0 aliphatic carbocycles. The molecule has 0 bridgehead atoms. The van der Waals surface area contributed by atoms with Gasteiger partial charge in [-0.05, 0) is 28.5 Å². The molecule has 0 atom stereocenters. The van der Waals surface area contributed by atoms with Crippen LogP contribution in [0, 0.1) is 0 Å². The first kappa shape index (κ1) is 16.9. The summed E-state index contributed by atoms with van der Waals surface area (Å²) < 4.78 is 5.48. The van der Waals surface area contributed by atoms with Crippen LogP contribution in [0.25, 0.3) is 21.7 Å². The predicted molar refractivity (Wildman–Crippen MR) is 110 cm³/mol. The lowest BCUT2D eigenvalue weighted by atomic mass is 10.0. The molecule has 2 aromatic heterocycles. The topological polar surface area (TPSA) is 62.5 Å². The van der Waals surface area contributed by atoms with Crippen LogP contribution in [0.15, 0.2) is 70.1 Å². The molecule has 0 radical (unpaired) electrons. The molecule has 1 aliphatic heterocycles. The second-order valence-corrected chi connectivity index (χ2v) is 7.06. The average Bonchev–Trinajstić information content (AvgIpc) is 2.74. The monoisotopic (exact) mass is 372 g/mol. The smallest absolute Gasteiger partial charge is 0.336 e. The maximum absolute atomic E-state index is 12.1. The SMILES string of the molecule is O=c1cc(CN2CCN(c3ncccn3)CC2)c2c(ccc3ccccc32)o1. The molecule has 5 rings (SSSR count). The second-order valence-electron chi connectivity index (χ2n) is 7.06. The summed E-state index contributed by atoms with van der Waals surface area (Å²) in [6.45, 7) is 4.24. The van der Waals surface area contributed by atoms with Crippen LogP contribution < -0.4 is 10.5 Å². The Hall–Kier alpha value is -3.25. The van der Waals surface area contributed by atoms with E-state index >= 15 is 0 Å². The van der Waals surface area contributed by atoms with Gasteiger partial charge in [0.15, 0.2) is 0 Å². The average molecular weight is 372 g/mol. The maximum Gasteiger partial charge on any atom is 0.336 e. The van der Waals surface area contributed by atoms with Crippen molar-refractivity contribution < 1.29 is 4.42 Å². The van der Waals surface area contributed by atoms with Gasteiger partial charge in [-0.25, -0.2) is 14.8 Å². The largest absolute Gasteiger partial charge is 0.423 e. The summed E-state index contributed by atoms with van der Waals surface area (Å²) in [5, 5.41) is 3.30. The first-order valence-electron chi connectivity index (χ1n) is 9.47. The quantitative estimate of drug-likeness (QED) is 0.407. The Morgan fingerprint density at radius 2 is 1.71 bits per heavy atom. The number of aromatic nitrogens is 2. The number of nitrogens with zero attached hydrogens (tertiary/aromatic N) is 4. The number of anilines is 1. The first-order valence-corrected chi connectivity index (χ1v) is 9.47. The number of fused-ring (bicyclic) bond motifs is 3. The Morgan fingerprint density at radius 1 is 0.929 bits per heavy atom. The van der Waals surface area contributed by atoms with E-state index in [0.717, 1.165) is 60.4 Å². The highest BCUT2D eigenvalue weighted by Gasteiger charge is 2.20. The van der Waals surface area contributed by atoms with E-state index in [1.807, 2.05) is 30.3 Å². The number of benzene rings is 2. The van der Waals surface area contributed by atoms with Gasteiger partial charge >= 0.3 is 5.63 Å². The molecular weight excluding hydrogens is 352 g/mol. The van der Waals surface area contributed by atoms with E-state index in [-0.39, 0.29) is 5.63 Å². The fraction of sp³-hybridized carbons (Fsp3) is 0.227. The molecule has 2 aromatic carbocycles. The molecule has 6 heteroatoms. The van der Waals surface area contributed by atoms with Crippen molar-refractivity contribution in [1.82, 2.24) is 14.9 Å². The van der Waals surface area contributed by atoms with E-state index in [1.54, 1.807) is 18.5 Å². The highest BCUT2D eigenvalue weighted by Crippen LogP contribution is 2.28. The summed E-state index contributed by atoms with van der Waals surface area (Å²) >= 11 is 0. The molecule has 1 saturated heterocycles. The van der Waals surface area contributed by atoms with Crippen LogP contribution in [-0.4, -0.2) is 41.0 Å². The van der Waals surface area contributed by atoms with Gasteiger partial charge in [0.05, 0.1) is 0 Å². The third kappa shape index (κ3) is 3.12. The van der Waals surface area contributed by atoms with Gasteiger partial charge in [0.2, 0.25) is 5.95 Å². The fourth-order valence-corrected chi connectivity index (χ4v) is 3.95. The van der Waals surface area contributed by atoms with Gasteiger partial charge in [0.25, 0.3) is 0 Å². The second kappa shape index (κ2) is 7.05. The highest BCUT2D eigenvalue weighted by molar-refractivity contribution is 6.07. The number of hydrogen-bond donors (Lipinski definition) is 0. The fourth-order valence-electron chi connectivity index (χ4n) is 3.95. The van der Waals surface area contributed by atoms with Crippen molar-refractivity contribution in [2.24, 2.45) is 0 Å². The molecule has 4 aromatic rings. The third-order valence-electron chi connectivity index (χ3n) is 5.32. The Morgan fingerprint density at radius 3 is 2.54 bits per heavy atom. The minimum Gasteiger partial charge on any atom is -0.423 e. The van der Waals surface area contributed by atoms with Gasteiger partial charge in [0.1, 0.15) is 5.58 Å². The van der Waals surface area contributed by atoms with Crippen LogP contribution in [0.1, 0.15) is 5.56 Å². The van der Waals surface area contributed by atoms with Crippen molar-refractivity contribution in [3.05, 3.63) is 76.9 Å². The number of hydrogen-bond acceptors (Lipinski definition) is 6. The van der Waals surface area contributed by atoms with Gasteiger partial charge in [-0.3, -0.25) is 4.90 Å². The summed E-state index contributed by atoms with van der Waals surface area (Å²) in [5.74, 6) is 0.777. The Labute approximate surface area is 162 Å². The van der Waals surface area contributed by atoms with Crippen LogP contribution in [0.2, 0.25) is 0 Å². The molecule has 0 N–H and O–H groups in total. The minimum atomic E-state index is -0.297. The predicted octanol–water partition coefficient (Wildman–Crippen LogP) is 3.06. The van der Waals surface area contributed by atoms with Crippen molar-refractivity contribution >= 4 is 27.7 Å². The molecule has 28 heavy (non-hydrogen) atoms. The molecule has 3 heterocycles. The van der Waals surface area contributed by atoms with E-state index in [9.17, 15) is 4.79 Å². The molecular formula is C22H20N4O2. The summed E-state index contributed by atoms with van der Waals surface area (Å²) in [7, 11) is 0. The van der Waals surface area contributed by atoms with E-state index in [2.05, 4.69) is 31.9 Å². The summed E-state index contributed by atoms with van der Waals surface area (Å²) in [4.78, 5) is 25.4. The molecule has 0 saturated carbocycles. The summed E-state index contributed by atoms with van der Waals surface area (Å²) in [6.07, 6.45) is 3.55. The van der Waals surface area contributed by atoms with Crippen molar-refractivity contribution in [2.45, 2.75) is 6.54 Å². The molecule has 0 spiro atoms. The molecule has 1 aliphatic rings. The Bertz CT molecular complexity index is 1180. The van der Waals surface area contributed by atoms with Crippen LogP contribution in [-0.2, 0) is 6.54 Å². The molecule has 0 amide bonds. The van der Waals surface area contributed by atoms with E-state index in [1.165, 1.54) is 0 Å². The standard InChI is InChI=1S/C22H20N4O2/c27-20-14-17(21-18-5-2-1-4-16(18)6-7-19(21)28-20)15-25-10-12-26(13-11-25)22-23-8-3-9-24-22/h1-9,14H,10-13,15H2. The lowest BCUT2D eigenvalue weighted by Crippen LogP contribution is -2.46. The first-order chi connectivity index (χ1) is 13.8. The van der Waals surface area contributed by atoms with E-state index in [4.69, 9.17) is 4.42 Å². The summed E-state index contributed by atoms with van der Waals surface area (Å²) in [5.41, 5.74) is 1.37. The Balaban J connectivity index is 1.44. The van der Waals surface area contributed by atoms with E-state index < -0.39 is 0 Å². The van der Waals surface area contributed by atoms with Crippen molar-refractivity contribution in [1.29, 1.82) is 0 Å². The van der Waals surface area contributed by atoms with Gasteiger partial charge < -0.3 is 9.32 Å². The van der Waals surface area contributed by atoms with Gasteiger partial charge in [0, 0.05) is 56.6 Å². The van der Waals surface area contributed by atoms with E-state index in [0.29, 0.717) is 5.58 Å². The molecule has 0 unspecified atom stereocenters. The zero-order chi connectivity index (χ0) is 18.9. The number of rotatable bonds is 3. The number of piperazine rings is 1. The molecule has 6 nitrogen and oxygen atoms in total. The highest BCUT2D eigenvalue weighted by atomic mass is 16.4. The lowest BCUT2D eigenvalue weighted by molar-refractivity contribution is 0.249. The van der Waals surface area contributed by atoms with Gasteiger partial charge in [-0.15, -0.1) is 0 Å². The van der Waals surface area contributed by atoms with Gasteiger partial charge in [-0.2, -0.15) is 0 Å². The zero-order valence-corrected chi connectivity index (χ0v) is 15.4. The van der Waals surface area contributed by atoms with Crippen molar-refractivity contribution in [3.8, 4) is 0 Å². The van der Waals surface area contributed by atoms with Crippen molar-refractivity contribution in [3.63, 3.8) is 0 Å². The normalized spacial score (nSPS) is 15.4. The summed E-state index contributed by atoms with van der Waals surface area (Å²) in [6, 6.07) is 15.6.